The molecule has 1 aliphatic carbocycles. The smallest absolute Gasteiger partial charge is 0.119 e. The molecular formula is C18H28N2O. The number of hydrogen-bond acceptors (Lipinski definition) is 3. The molecule has 1 unspecified atom stereocenters. The molecule has 1 atom stereocenters. The highest BCUT2D eigenvalue weighted by molar-refractivity contribution is 5.28. The number of rotatable bonds is 4. The predicted molar refractivity (Wildman–Crippen MR) is 86.6 cm³/mol. The number of hydrogen-bond donors (Lipinski definition) is 1. The maximum absolute atomic E-state index is 5.33. The Balaban J connectivity index is 1.57. The second-order valence-corrected chi connectivity index (χ2v) is 6.55. The molecule has 2 fully saturated rings. The summed E-state index contributed by atoms with van der Waals surface area (Å²) in [7, 11) is 1.74. The van der Waals surface area contributed by atoms with E-state index in [9.17, 15) is 0 Å². The van der Waals surface area contributed by atoms with Gasteiger partial charge in [0.15, 0.2) is 0 Å². The summed E-state index contributed by atoms with van der Waals surface area (Å²) in [6, 6.07) is 9.18. The summed E-state index contributed by atoms with van der Waals surface area (Å²) in [5, 5.41) is 3.76. The molecule has 2 aliphatic rings. The van der Waals surface area contributed by atoms with Crippen LogP contribution in [0, 0.1) is 5.92 Å². The topological polar surface area (TPSA) is 24.5 Å². The molecule has 116 valence electrons. The van der Waals surface area contributed by atoms with Gasteiger partial charge in [0.1, 0.15) is 5.75 Å². The summed E-state index contributed by atoms with van der Waals surface area (Å²) in [6.07, 6.45) is 7.14. The largest absolute Gasteiger partial charge is 0.497 e. The number of benzene rings is 1. The van der Waals surface area contributed by atoms with Gasteiger partial charge < -0.3 is 10.1 Å². The lowest BCUT2D eigenvalue weighted by molar-refractivity contribution is 0.141. The van der Waals surface area contributed by atoms with Crippen LogP contribution < -0.4 is 10.1 Å². The average molecular weight is 288 g/mol. The summed E-state index contributed by atoms with van der Waals surface area (Å²) in [6.45, 7) is 4.52. The Morgan fingerprint density at radius 3 is 2.90 bits per heavy atom. The molecule has 21 heavy (non-hydrogen) atoms. The van der Waals surface area contributed by atoms with Crippen LogP contribution >= 0.6 is 0 Å². The van der Waals surface area contributed by atoms with Crippen molar-refractivity contribution in [2.75, 3.05) is 26.7 Å². The van der Waals surface area contributed by atoms with E-state index in [-0.39, 0.29) is 0 Å². The van der Waals surface area contributed by atoms with Gasteiger partial charge in [-0.1, -0.05) is 31.4 Å². The van der Waals surface area contributed by atoms with Crippen LogP contribution in [0.5, 0.6) is 5.75 Å². The molecule has 1 heterocycles. The molecule has 3 nitrogen and oxygen atoms in total. The standard InChI is InChI=1S/C18H28N2O/c1-21-17-9-5-6-15(12-17)13-20-11-10-19-18(14-20)16-7-3-2-4-8-16/h5-6,9,12,16,18-19H,2-4,7-8,10-11,13-14H2,1H3. The predicted octanol–water partition coefficient (Wildman–Crippen LogP) is 3.05. The van der Waals surface area contributed by atoms with Crippen LogP contribution in [0.4, 0.5) is 0 Å². The van der Waals surface area contributed by atoms with Crippen LogP contribution in [0.25, 0.3) is 0 Å². The Morgan fingerprint density at radius 2 is 2.10 bits per heavy atom. The molecule has 1 aromatic carbocycles. The molecule has 1 aliphatic heterocycles. The van der Waals surface area contributed by atoms with Gasteiger partial charge in [-0.2, -0.15) is 0 Å². The van der Waals surface area contributed by atoms with E-state index >= 15 is 0 Å². The van der Waals surface area contributed by atoms with Crippen LogP contribution in [0.15, 0.2) is 24.3 Å². The third kappa shape index (κ3) is 3.98. The van der Waals surface area contributed by atoms with Crippen molar-refractivity contribution >= 4 is 0 Å². The number of ether oxygens (including phenoxy) is 1. The molecule has 1 aromatic rings. The molecule has 0 amide bonds. The van der Waals surface area contributed by atoms with E-state index in [0.717, 1.165) is 31.3 Å². The van der Waals surface area contributed by atoms with Crippen molar-refractivity contribution in [3.8, 4) is 5.75 Å². The Morgan fingerprint density at radius 1 is 1.24 bits per heavy atom. The second-order valence-electron chi connectivity index (χ2n) is 6.55. The van der Waals surface area contributed by atoms with E-state index in [1.807, 2.05) is 6.07 Å². The quantitative estimate of drug-likeness (QED) is 0.921. The first-order valence-electron chi connectivity index (χ1n) is 8.44. The van der Waals surface area contributed by atoms with E-state index < -0.39 is 0 Å². The first-order valence-corrected chi connectivity index (χ1v) is 8.44. The SMILES string of the molecule is COc1cccc(CN2CCNC(C3CCCCC3)C2)c1. The van der Waals surface area contributed by atoms with Crippen molar-refractivity contribution in [1.29, 1.82) is 0 Å². The third-order valence-corrected chi connectivity index (χ3v) is 5.05. The Hall–Kier alpha value is -1.06. The molecule has 0 aromatic heterocycles. The van der Waals surface area contributed by atoms with Gasteiger partial charge in [-0.25, -0.2) is 0 Å². The highest BCUT2D eigenvalue weighted by Crippen LogP contribution is 2.28. The van der Waals surface area contributed by atoms with Crippen LogP contribution in [-0.4, -0.2) is 37.7 Å². The third-order valence-electron chi connectivity index (χ3n) is 5.05. The van der Waals surface area contributed by atoms with E-state index in [0.29, 0.717) is 6.04 Å². The van der Waals surface area contributed by atoms with Gasteiger partial charge in [0.2, 0.25) is 0 Å². The fourth-order valence-electron chi connectivity index (χ4n) is 3.87. The summed E-state index contributed by atoms with van der Waals surface area (Å²) in [5.74, 6) is 1.86. The highest BCUT2D eigenvalue weighted by Gasteiger charge is 2.27. The Bertz CT molecular complexity index is 443. The monoisotopic (exact) mass is 288 g/mol. The molecule has 0 radical (unpaired) electrons. The molecule has 1 saturated heterocycles. The lowest BCUT2D eigenvalue weighted by Crippen LogP contribution is -2.53. The van der Waals surface area contributed by atoms with Gasteiger partial charge in [-0.05, 0) is 36.5 Å². The zero-order chi connectivity index (χ0) is 14.5. The van der Waals surface area contributed by atoms with Crippen LogP contribution in [0.1, 0.15) is 37.7 Å². The zero-order valence-corrected chi connectivity index (χ0v) is 13.2. The Kier molecular flexibility index (Phi) is 5.15. The fourth-order valence-corrected chi connectivity index (χ4v) is 3.87. The van der Waals surface area contributed by atoms with E-state index in [1.54, 1.807) is 7.11 Å². The van der Waals surface area contributed by atoms with E-state index in [4.69, 9.17) is 4.74 Å². The molecule has 3 heteroatoms. The lowest BCUT2D eigenvalue weighted by Gasteiger charge is -2.39. The van der Waals surface area contributed by atoms with Crippen LogP contribution in [0.3, 0.4) is 0 Å². The van der Waals surface area contributed by atoms with Gasteiger partial charge >= 0.3 is 0 Å². The van der Waals surface area contributed by atoms with Crippen LogP contribution in [0.2, 0.25) is 0 Å². The zero-order valence-electron chi connectivity index (χ0n) is 13.2. The van der Waals surface area contributed by atoms with Gasteiger partial charge in [-0.15, -0.1) is 0 Å². The van der Waals surface area contributed by atoms with E-state index in [1.165, 1.54) is 44.2 Å². The van der Waals surface area contributed by atoms with Crippen molar-refractivity contribution in [2.45, 2.75) is 44.7 Å². The molecule has 0 spiro atoms. The average Bonchev–Trinajstić information content (AvgIpc) is 2.56. The highest BCUT2D eigenvalue weighted by atomic mass is 16.5. The minimum absolute atomic E-state index is 0.699. The minimum Gasteiger partial charge on any atom is -0.497 e. The number of nitrogens with one attached hydrogen (secondary N) is 1. The Labute approximate surface area is 128 Å². The van der Waals surface area contributed by atoms with Crippen molar-refractivity contribution in [3.05, 3.63) is 29.8 Å². The first-order chi connectivity index (χ1) is 10.3. The maximum atomic E-state index is 5.33. The molecule has 3 rings (SSSR count). The van der Waals surface area contributed by atoms with Gasteiger partial charge in [0.05, 0.1) is 7.11 Å². The second kappa shape index (κ2) is 7.28. The number of methoxy groups -OCH3 is 1. The maximum Gasteiger partial charge on any atom is 0.119 e. The van der Waals surface area contributed by atoms with Gasteiger partial charge in [-0.3, -0.25) is 4.90 Å². The summed E-state index contributed by atoms with van der Waals surface area (Å²) >= 11 is 0. The fraction of sp³-hybridized carbons (Fsp3) is 0.667. The normalized spacial score (nSPS) is 24.9. The molecule has 0 bridgehead atoms. The van der Waals surface area contributed by atoms with Crippen LogP contribution in [-0.2, 0) is 6.54 Å². The summed E-state index contributed by atoms with van der Waals surface area (Å²) < 4.78 is 5.33. The molecule has 1 N–H and O–H groups in total. The van der Waals surface area contributed by atoms with Gasteiger partial charge in [0, 0.05) is 32.2 Å². The number of nitrogens with zero attached hydrogens (tertiary/aromatic N) is 1. The van der Waals surface area contributed by atoms with Crippen molar-refractivity contribution < 1.29 is 4.74 Å². The lowest BCUT2D eigenvalue weighted by atomic mass is 9.83. The number of piperazine rings is 1. The first kappa shape index (κ1) is 14.9. The summed E-state index contributed by atoms with van der Waals surface area (Å²) in [4.78, 5) is 2.60. The summed E-state index contributed by atoms with van der Waals surface area (Å²) in [5.41, 5.74) is 1.36. The molecule has 1 saturated carbocycles. The van der Waals surface area contributed by atoms with Gasteiger partial charge in [0.25, 0.3) is 0 Å². The van der Waals surface area contributed by atoms with Crippen molar-refractivity contribution in [3.63, 3.8) is 0 Å². The van der Waals surface area contributed by atoms with Crippen molar-refractivity contribution in [1.82, 2.24) is 10.2 Å². The van der Waals surface area contributed by atoms with E-state index in [2.05, 4.69) is 28.4 Å². The van der Waals surface area contributed by atoms with Crippen molar-refractivity contribution in [2.24, 2.45) is 5.92 Å². The minimum atomic E-state index is 0.699. The molecular weight excluding hydrogens is 260 g/mol.